The Morgan fingerprint density at radius 1 is 1.40 bits per heavy atom. The summed E-state index contributed by atoms with van der Waals surface area (Å²) in [6.07, 6.45) is 0.559. The highest BCUT2D eigenvalue weighted by Crippen LogP contribution is 2.28. The predicted octanol–water partition coefficient (Wildman–Crippen LogP) is 1.59. The second kappa shape index (κ2) is 5.24. The first kappa shape index (κ1) is 11.4. The number of hydrogen-bond acceptors (Lipinski definition) is 4. The highest BCUT2D eigenvalue weighted by Gasteiger charge is 2.08. The highest BCUT2D eigenvalue weighted by molar-refractivity contribution is 5.69. The van der Waals surface area contributed by atoms with Crippen LogP contribution in [0, 0.1) is 0 Å². The molecule has 1 rings (SSSR count). The fourth-order valence-corrected chi connectivity index (χ4v) is 1.25. The number of benzene rings is 1. The second-order valence-corrected chi connectivity index (χ2v) is 3.09. The second-order valence-electron chi connectivity index (χ2n) is 3.09. The summed E-state index contributed by atoms with van der Waals surface area (Å²) >= 11 is 0. The molecule has 0 saturated heterocycles. The molecule has 2 N–H and O–H groups in total. The number of phenols is 2. The minimum atomic E-state index is -0.305. The van der Waals surface area contributed by atoms with Crippen LogP contribution < -0.4 is 0 Å². The molecule has 0 amide bonds. The summed E-state index contributed by atoms with van der Waals surface area (Å²) in [7, 11) is 0. The first-order valence-electron chi connectivity index (χ1n) is 4.80. The predicted molar refractivity (Wildman–Crippen MR) is 54.7 cm³/mol. The molecule has 0 aliphatic carbocycles. The monoisotopic (exact) mass is 210 g/mol. The van der Waals surface area contributed by atoms with Crippen molar-refractivity contribution in [1.29, 1.82) is 0 Å². The number of aromatic hydroxyl groups is 2. The van der Waals surface area contributed by atoms with E-state index in [1.807, 2.05) is 0 Å². The Balaban J connectivity index is 2.58. The Bertz CT molecular complexity index is 346. The van der Waals surface area contributed by atoms with Crippen LogP contribution in [0.3, 0.4) is 0 Å². The average molecular weight is 210 g/mol. The lowest BCUT2D eigenvalue weighted by atomic mass is 10.1. The van der Waals surface area contributed by atoms with Gasteiger partial charge in [-0.15, -0.1) is 0 Å². The van der Waals surface area contributed by atoms with Gasteiger partial charge in [-0.1, -0.05) is 12.1 Å². The molecule has 1 aromatic rings. The number of phenolic OH excluding ortho intramolecular Hbond substituents is 2. The van der Waals surface area contributed by atoms with Crippen LogP contribution >= 0.6 is 0 Å². The van der Waals surface area contributed by atoms with Crippen LogP contribution in [-0.2, 0) is 16.0 Å². The van der Waals surface area contributed by atoms with Gasteiger partial charge < -0.3 is 14.9 Å². The molecule has 0 saturated carbocycles. The summed E-state index contributed by atoms with van der Waals surface area (Å²) in [6, 6.07) is 4.67. The quantitative estimate of drug-likeness (QED) is 0.585. The largest absolute Gasteiger partial charge is 0.504 e. The lowest BCUT2D eigenvalue weighted by molar-refractivity contribution is -0.143. The van der Waals surface area contributed by atoms with Crippen molar-refractivity contribution < 1.29 is 19.7 Å². The minimum Gasteiger partial charge on any atom is -0.504 e. The van der Waals surface area contributed by atoms with Crippen LogP contribution in [0.4, 0.5) is 0 Å². The number of hydrogen-bond donors (Lipinski definition) is 2. The molecule has 0 aromatic heterocycles. The van der Waals surface area contributed by atoms with Crippen molar-refractivity contribution in [3.63, 3.8) is 0 Å². The van der Waals surface area contributed by atoms with Crippen molar-refractivity contribution in [1.82, 2.24) is 0 Å². The highest BCUT2D eigenvalue weighted by atomic mass is 16.5. The van der Waals surface area contributed by atoms with Crippen molar-refractivity contribution in [3.05, 3.63) is 23.8 Å². The van der Waals surface area contributed by atoms with Crippen molar-refractivity contribution in [3.8, 4) is 11.5 Å². The lowest BCUT2D eigenvalue weighted by Gasteiger charge is -2.05. The van der Waals surface area contributed by atoms with Gasteiger partial charge in [-0.3, -0.25) is 4.79 Å². The molecule has 82 valence electrons. The maximum atomic E-state index is 11.0. The number of rotatable bonds is 4. The smallest absolute Gasteiger partial charge is 0.306 e. The van der Waals surface area contributed by atoms with Gasteiger partial charge in [-0.25, -0.2) is 0 Å². The van der Waals surface area contributed by atoms with E-state index in [1.165, 1.54) is 6.07 Å². The molecule has 1 aromatic carbocycles. The third kappa shape index (κ3) is 3.16. The van der Waals surface area contributed by atoms with Crippen LogP contribution in [0.25, 0.3) is 0 Å². The number of carbonyl (C=O) groups is 1. The molecule has 0 unspecified atom stereocenters. The van der Waals surface area contributed by atoms with E-state index in [0.717, 1.165) is 0 Å². The van der Waals surface area contributed by atoms with Crippen molar-refractivity contribution in [2.75, 3.05) is 6.61 Å². The lowest BCUT2D eigenvalue weighted by Crippen LogP contribution is -2.05. The van der Waals surface area contributed by atoms with Crippen LogP contribution in [0.5, 0.6) is 11.5 Å². The van der Waals surface area contributed by atoms with E-state index in [1.54, 1.807) is 19.1 Å². The van der Waals surface area contributed by atoms with Gasteiger partial charge in [0.2, 0.25) is 0 Å². The third-order valence-corrected chi connectivity index (χ3v) is 2.00. The Kier molecular flexibility index (Phi) is 3.97. The SMILES string of the molecule is CCOC(=O)CCc1cccc(O)c1O. The zero-order valence-corrected chi connectivity index (χ0v) is 8.56. The normalized spacial score (nSPS) is 9.93. The maximum Gasteiger partial charge on any atom is 0.306 e. The standard InChI is InChI=1S/C11H14O4/c1-2-15-10(13)7-6-8-4-3-5-9(12)11(8)14/h3-5,12,14H,2,6-7H2,1H3. The van der Waals surface area contributed by atoms with Crippen molar-refractivity contribution >= 4 is 5.97 Å². The average Bonchev–Trinajstić information content (AvgIpc) is 2.21. The van der Waals surface area contributed by atoms with Gasteiger partial charge in [0.25, 0.3) is 0 Å². The van der Waals surface area contributed by atoms with E-state index in [4.69, 9.17) is 4.74 Å². The molecule has 0 aliphatic heterocycles. The maximum absolute atomic E-state index is 11.0. The molecule has 0 fully saturated rings. The minimum absolute atomic E-state index is 0.165. The number of ether oxygens (including phenoxy) is 1. The summed E-state index contributed by atoms with van der Waals surface area (Å²) in [5.74, 6) is -0.640. The molecular weight excluding hydrogens is 196 g/mol. The summed E-state index contributed by atoms with van der Waals surface area (Å²) in [5.41, 5.74) is 0.544. The first-order chi connectivity index (χ1) is 7.15. The topological polar surface area (TPSA) is 66.8 Å². The van der Waals surface area contributed by atoms with E-state index in [9.17, 15) is 15.0 Å². The molecule has 0 aliphatic rings. The van der Waals surface area contributed by atoms with E-state index >= 15 is 0 Å². The Morgan fingerprint density at radius 3 is 2.80 bits per heavy atom. The summed E-state index contributed by atoms with van der Waals surface area (Å²) in [5, 5.41) is 18.6. The van der Waals surface area contributed by atoms with Crippen molar-refractivity contribution in [2.24, 2.45) is 0 Å². The molecule has 0 atom stereocenters. The van der Waals surface area contributed by atoms with E-state index in [2.05, 4.69) is 0 Å². The molecule has 0 bridgehead atoms. The van der Waals surface area contributed by atoms with Crippen molar-refractivity contribution in [2.45, 2.75) is 19.8 Å². The van der Waals surface area contributed by atoms with Crippen LogP contribution in [0.15, 0.2) is 18.2 Å². The van der Waals surface area contributed by atoms with E-state index in [-0.39, 0.29) is 23.9 Å². The first-order valence-corrected chi connectivity index (χ1v) is 4.80. The number of esters is 1. The number of carbonyl (C=O) groups excluding carboxylic acids is 1. The fraction of sp³-hybridized carbons (Fsp3) is 0.364. The van der Waals surface area contributed by atoms with Gasteiger partial charge in [-0.05, 0) is 25.0 Å². The zero-order chi connectivity index (χ0) is 11.3. The fourth-order valence-electron chi connectivity index (χ4n) is 1.25. The van der Waals surface area contributed by atoms with E-state index < -0.39 is 0 Å². The van der Waals surface area contributed by atoms with Gasteiger partial charge >= 0.3 is 5.97 Å². The molecule has 15 heavy (non-hydrogen) atoms. The van der Waals surface area contributed by atoms with E-state index in [0.29, 0.717) is 18.6 Å². The van der Waals surface area contributed by atoms with Gasteiger partial charge in [0.15, 0.2) is 11.5 Å². The Labute approximate surface area is 88.1 Å². The zero-order valence-electron chi connectivity index (χ0n) is 8.56. The molecular formula is C11H14O4. The van der Waals surface area contributed by atoms with Gasteiger partial charge in [0, 0.05) is 6.42 Å². The van der Waals surface area contributed by atoms with Crippen LogP contribution in [0.1, 0.15) is 18.9 Å². The summed E-state index contributed by atoms with van der Waals surface area (Å²) in [6.45, 7) is 2.09. The van der Waals surface area contributed by atoms with Crippen LogP contribution in [0.2, 0.25) is 0 Å². The molecule has 4 nitrogen and oxygen atoms in total. The summed E-state index contributed by atoms with van der Waals surface area (Å²) < 4.78 is 4.75. The molecule has 0 heterocycles. The third-order valence-electron chi connectivity index (χ3n) is 2.00. The number of para-hydroxylation sites is 1. The summed E-state index contributed by atoms with van der Waals surface area (Å²) in [4.78, 5) is 11.0. The molecule has 0 radical (unpaired) electrons. The van der Waals surface area contributed by atoms with Gasteiger partial charge in [0.05, 0.1) is 6.61 Å². The number of aryl methyl sites for hydroxylation is 1. The Morgan fingerprint density at radius 2 is 2.13 bits per heavy atom. The molecule has 4 heteroatoms. The van der Waals surface area contributed by atoms with Gasteiger partial charge in [-0.2, -0.15) is 0 Å². The molecule has 0 spiro atoms. The van der Waals surface area contributed by atoms with Crippen LogP contribution in [-0.4, -0.2) is 22.8 Å². The van der Waals surface area contributed by atoms with Gasteiger partial charge in [0.1, 0.15) is 0 Å². The Hall–Kier alpha value is -1.71.